The van der Waals surface area contributed by atoms with Gasteiger partial charge in [-0.15, -0.1) is 0 Å². The number of rotatable bonds is 2. The van der Waals surface area contributed by atoms with Gasteiger partial charge in [0.05, 0.1) is 6.42 Å². The summed E-state index contributed by atoms with van der Waals surface area (Å²) < 4.78 is 31.7. The summed E-state index contributed by atoms with van der Waals surface area (Å²) in [5.74, 6) is -2.93. The molecule has 0 aliphatic heterocycles. The van der Waals surface area contributed by atoms with Crippen LogP contribution in [0.5, 0.6) is 5.75 Å². The van der Waals surface area contributed by atoms with Gasteiger partial charge in [-0.2, -0.15) is 13.2 Å². The number of carbonyl (C=O) groups is 2. The summed E-state index contributed by atoms with van der Waals surface area (Å²) in [6.07, 6.45) is -4.86. The first-order valence-electron chi connectivity index (χ1n) is 4.49. The molecule has 0 saturated carbocycles. The zero-order valence-corrected chi connectivity index (χ0v) is 8.94. The van der Waals surface area contributed by atoms with Crippen LogP contribution < -0.4 is 5.73 Å². The summed E-state index contributed by atoms with van der Waals surface area (Å²) in [7, 11) is 0. The molecular formula is C10H10F3NO4. The second-order valence-corrected chi connectivity index (χ2v) is 3.11. The Kier molecular flexibility index (Phi) is 5.67. The molecule has 1 aromatic rings. The maximum absolute atomic E-state index is 10.6. The quantitative estimate of drug-likeness (QED) is 0.744. The largest absolute Gasteiger partial charge is 0.508 e. The molecule has 0 radical (unpaired) electrons. The minimum atomic E-state index is -5.08. The maximum atomic E-state index is 10.6. The van der Waals surface area contributed by atoms with Gasteiger partial charge in [0.2, 0.25) is 5.91 Å². The molecule has 0 aliphatic carbocycles. The first-order valence-corrected chi connectivity index (χ1v) is 4.49. The zero-order valence-electron chi connectivity index (χ0n) is 8.94. The molecule has 1 aromatic carbocycles. The Hall–Kier alpha value is -2.25. The number of halogens is 3. The van der Waals surface area contributed by atoms with E-state index >= 15 is 0 Å². The number of carboxylic acid groups (broad SMARTS) is 1. The van der Waals surface area contributed by atoms with Crippen LogP contribution in [0.2, 0.25) is 0 Å². The van der Waals surface area contributed by atoms with E-state index in [1.165, 1.54) is 12.1 Å². The summed E-state index contributed by atoms with van der Waals surface area (Å²) >= 11 is 0. The first-order chi connectivity index (χ1) is 8.12. The third-order valence-corrected chi connectivity index (χ3v) is 1.56. The smallest absolute Gasteiger partial charge is 0.490 e. The van der Waals surface area contributed by atoms with Gasteiger partial charge in [-0.25, -0.2) is 4.79 Å². The Balaban J connectivity index is 0.000000360. The highest BCUT2D eigenvalue weighted by Gasteiger charge is 2.38. The Bertz CT molecular complexity index is 414. The molecule has 0 spiro atoms. The summed E-state index contributed by atoms with van der Waals surface area (Å²) in [6.45, 7) is 0. The Labute approximate surface area is 99.6 Å². The number of nitrogens with two attached hydrogens (primary N) is 1. The fourth-order valence-corrected chi connectivity index (χ4v) is 0.815. The van der Waals surface area contributed by atoms with Crippen molar-refractivity contribution in [3.63, 3.8) is 0 Å². The van der Waals surface area contributed by atoms with Crippen molar-refractivity contribution in [1.82, 2.24) is 0 Å². The van der Waals surface area contributed by atoms with Crippen LogP contribution in [0.1, 0.15) is 5.56 Å². The highest BCUT2D eigenvalue weighted by atomic mass is 19.4. The summed E-state index contributed by atoms with van der Waals surface area (Å²) in [6, 6.07) is 6.39. The number of phenolic OH excluding ortho intramolecular Hbond substituents is 1. The number of hydrogen-bond donors (Lipinski definition) is 3. The predicted octanol–water partition coefficient (Wildman–Crippen LogP) is 1.05. The Morgan fingerprint density at radius 1 is 1.17 bits per heavy atom. The van der Waals surface area contributed by atoms with Crippen molar-refractivity contribution in [2.75, 3.05) is 0 Å². The molecule has 5 nitrogen and oxygen atoms in total. The van der Waals surface area contributed by atoms with Crippen molar-refractivity contribution in [1.29, 1.82) is 0 Å². The number of aromatic hydroxyl groups is 1. The van der Waals surface area contributed by atoms with E-state index in [4.69, 9.17) is 20.7 Å². The number of aliphatic carboxylic acids is 1. The number of phenols is 1. The van der Waals surface area contributed by atoms with Crippen molar-refractivity contribution in [2.24, 2.45) is 5.73 Å². The predicted molar refractivity (Wildman–Crippen MR) is 54.7 cm³/mol. The molecule has 0 fully saturated rings. The molecule has 0 saturated heterocycles. The van der Waals surface area contributed by atoms with Crippen molar-refractivity contribution in [3.05, 3.63) is 29.8 Å². The van der Waals surface area contributed by atoms with Gasteiger partial charge in [-0.1, -0.05) is 12.1 Å². The van der Waals surface area contributed by atoms with Gasteiger partial charge < -0.3 is 15.9 Å². The summed E-state index contributed by atoms with van der Waals surface area (Å²) in [4.78, 5) is 19.3. The Morgan fingerprint density at radius 2 is 1.56 bits per heavy atom. The number of carbonyl (C=O) groups excluding carboxylic acids is 1. The third-order valence-electron chi connectivity index (χ3n) is 1.56. The molecule has 0 bridgehead atoms. The van der Waals surface area contributed by atoms with E-state index in [0.29, 0.717) is 0 Å². The topological polar surface area (TPSA) is 101 Å². The number of amides is 1. The lowest BCUT2D eigenvalue weighted by Crippen LogP contribution is -2.21. The van der Waals surface area contributed by atoms with Gasteiger partial charge >= 0.3 is 12.1 Å². The van der Waals surface area contributed by atoms with E-state index in [0.717, 1.165) is 5.56 Å². The normalized spacial score (nSPS) is 10.2. The molecule has 1 rings (SSSR count). The highest BCUT2D eigenvalue weighted by Crippen LogP contribution is 2.13. The minimum Gasteiger partial charge on any atom is -0.508 e. The molecule has 8 heteroatoms. The lowest BCUT2D eigenvalue weighted by Gasteiger charge is -1.96. The van der Waals surface area contributed by atoms with Crippen LogP contribution in [0.15, 0.2) is 24.3 Å². The van der Waals surface area contributed by atoms with Gasteiger partial charge in [0.25, 0.3) is 0 Å². The fraction of sp³-hybridized carbons (Fsp3) is 0.200. The Morgan fingerprint density at radius 3 is 1.83 bits per heavy atom. The monoisotopic (exact) mass is 265 g/mol. The van der Waals surface area contributed by atoms with E-state index in [1.807, 2.05) is 0 Å². The number of benzene rings is 1. The summed E-state index contributed by atoms with van der Waals surface area (Å²) in [5.41, 5.74) is 5.78. The van der Waals surface area contributed by atoms with Gasteiger partial charge in [0.1, 0.15) is 5.75 Å². The highest BCUT2D eigenvalue weighted by molar-refractivity contribution is 5.76. The van der Waals surface area contributed by atoms with Crippen LogP contribution in [0.3, 0.4) is 0 Å². The van der Waals surface area contributed by atoms with Crippen molar-refractivity contribution in [3.8, 4) is 5.75 Å². The van der Waals surface area contributed by atoms with Crippen LogP contribution in [0.4, 0.5) is 13.2 Å². The van der Waals surface area contributed by atoms with Gasteiger partial charge in [-0.05, 0) is 17.7 Å². The second-order valence-electron chi connectivity index (χ2n) is 3.11. The van der Waals surface area contributed by atoms with Gasteiger partial charge in [0, 0.05) is 0 Å². The summed E-state index contributed by atoms with van der Waals surface area (Å²) in [5, 5.41) is 16.0. The number of alkyl halides is 3. The van der Waals surface area contributed by atoms with Gasteiger partial charge in [-0.3, -0.25) is 4.79 Å². The number of carboxylic acids is 1. The SMILES string of the molecule is NC(=O)Cc1ccc(O)cc1.O=C(O)C(F)(F)F. The molecule has 18 heavy (non-hydrogen) atoms. The van der Waals surface area contributed by atoms with E-state index in [1.54, 1.807) is 12.1 Å². The number of primary amides is 1. The molecule has 4 N–H and O–H groups in total. The molecule has 0 atom stereocenters. The van der Waals surface area contributed by atoms with Crippen molar-refractivity contribution in [2.45, 2.75) is 12.6 Å². The lowest BCUT2D eigenvalue weighted by atomic mass is 10.1. The molecule has 0 unspecified atom stereocenters. The second kappa shape index (κ2) is 6.48. The van der Waals surface area contributed by atoms with Crippen molar-refractivity contribution >= 4 is 11.9 Å². The molecule has 0 aromatic heterocycles. The van der Waals surface area contributed by atoms with Crippen LogP contribution in [-0.2, 0) is 16.0 Å². The van der Waals surface area contributed by atoms with Gasteiger partial charge in [0.15, 0.2) is 0 Å². The molecule has 0 heterocycles. The number of hydrogen-bond acceptors (Lipinski definition) is 3. The average molecular weight is 265 g/mol. The standard InChI is InChI=1S/C8H9NO2.C2HF3O2/c9-8(11)5-6-1-3-7(10)4-2-6;3-2(4,5)1(6)7/h1-4,10H,5H2,(H2,9,11);(H,6,7). The molecular weight excluding hydrogens is 255 g/mol. The molecule has 1 amide bonds. The lowest BCUT2D eigenvalue weighted by molar-refractivity contribution is -0.192. The van der Waals surface area contributed by atoms with Crippen LogP contribution in [0, 0.1) is 0 Å². The maximum Gasteiger partial charge on any atom is 0.490 e. The van der Waals surface area contributed by atoms with E-state index < -0.39 is 12.1 Å². The van der Waals surface area contributed by atoms with E-state index in [2.05, 4.69) is 0 Å². The minimum absolute atomic E-state index is 0.193. The van der Waals surface area contributed by atoms with E-state index in [-0.39, 0.29) is 18.1 Å². The van der Waals surface area contributed by atoms with Crippen LogP contribution >= 0.6 is 0 Å². The first kappa shape index (κ1) is 15.8. The third kappa shape index (κ3) is 7.09. The van der Waals surface area contributed by atoms with Crippen LogP contribution in [-0.4, -0.2) is 28.3 Å². The van der Waals surface area contributed by atoms with E-state index in [9.17, 15) is 18.0 Å². The van der Waals surface area contributed by atoms with Crippen molar-refractivity contribution < 1.29 is 33.0 Å². The van der Waals surface area contributed by atoms with Crippen LogP contribution in [0.25, 0.3) is 0 Å². The molecule has 100 valence electrons. The molecule has 0 aliphatic rings. The fourth-order valence-electron chi connectivity index (χ4n) is 0.815. The average Bonchev–Trinajstić information content (AvgIpc) is 2.20. The zero-order chi connectivity index (χ0) is 14.3.